The van der Waals surface area contributed by atoms with Crippen LogP contribution < -0.4 is 5.32 Å². The van der Waals surface area contributed by atoms with Gasteiger partial charge in [-0.05, 0) is 64.2 Å². The maximum atomic E-state index is 12.4. The van der Waals surface area contributed by atoms with Crippen molar-refractivity contribution in [2.75, 3.05) is 13.2 Å². The average Bonchev–Trinajstić information content (AvgIpc) is 3.38. The molecule has 0 saturated heterocycles. The van der Waals surface area contributed by atoms with Gasteiger partial charge in [-0.1, -0.05) is 307 Å². The first kappa shape index (κ1) is 70.1. The molecule has 0 aromatic carbocycles. The monoisotopic (exact) mass is 1010 g/mol. The second kappa shape index (κ2) is 61.6. The Hall–Kier alpha value is -1.92. The van der Waals surface area contributed by atoms with Gasteiger partial charge in [0.25, 0.3) is 0 Å². The summed E-state index contributed by atoms with van der Waals surface area (Å²) in [5.74, 6) is -0.0538. The lowest BCUT2D eigenvalue weighted by Crippen LogP contribution is -2.45. The van der Waals surface area contributed by atoms with E-state index in [1.807, 2.05) is 6.08 Å². The molecule has 424 valence electrons. The summed E-state index contributed by atoms with van der Waals surface area (Å²) in [6.45, 7) is 4.88. The van der Waals surface area contributed by atoms with Gasteiger partial charge in [-0.3, -0.25) is 9.59 Å². The number of amides is 1. The lowest BCUT2D eigenvalue weighted by molar-refractivity contribution is -0.143. The SMILES string of the molecule is CCCCC/C=C\C/C=C\CCCCCCCCCCCC(=O)OCCCCCCCCCCCCCCCCCCCCCCCCCCCCC(=O)NC(CO)C(O)/C=C/CCCCCCCCCC. The molecule has 2 atom stereocenters. The van der Waals surface area contributed by atoms with Gasteiger partial charge in [0.05, 0.1) is 25.4 Å². The van der Waals surface area contributed by atoms with E-state index >= 15 is 0 Å². The molecule has 1 amide bonds. The standard InChI is InChI=1S/C66H125NO5/c1-3-5-7-9-11-13-15-16-17-18-27-31-34-37-40-44-48-52-56-60-66(71)72-61-57-53-49-45-41-38-35-32-29-26-24-22-20-19-21-23-25-28-30-33-36-39-43-47-51-55-59-65(70)67-63(62-68)64(69)58-54-50-46-42-14-12-10-8-6-4-2/h11,13,16-17,54,58,63-64,68-69H,3-10,12,14-15,18-53,55-57,59-62H2,1-2H3,(H,67,70)/b13-11-,17-16-,58-54+. The van der Waals surface area contributed by atoms with E-state index in [4.69, 9.17) is 4.74 Å². The van der Waals surface area contributed by atoms with Crippen LogP contribution in [0, 0.1) is 0 Å². The van der Waals surface area contributed by atoms with Gasteiger partial charge in [-0.25, -0.2) is 0 Å². The van der Waals surface area contributed by atoms with Gasteiger partial charge in [0.2, 0.25) is 5.91 Å². The number of aliphatic hydroxyl groups excluding tert-OH is 2. The fourth-order valence-electron chi connectivity index (χ4n) is 9.96. The van der Waals surface area contributed by atoms with Crippen LogP contribution in [0.2, 0.25) is 0 Å². The molecule has 0 bridgehead atoms. The first-order valence-corrected chi connectivity index (χ1v) is 32.3. The normalized spacial score (nSPS) is 12.8. The first-order chi connectivity index (χ1) is 35.5. The molecular formula is C66H125NO5. The maximum Gasteiger partial charge on any atom is 0.305 e. The predicted molar refractivity (Wildman–Crippen MR) is 315 cm³/mol. The van der Waals surface area contributed by atoms with Crippen molar-refractivity contribution >= 4 is 11.9 Å². The Kier molecular flexibility index (Phi) is 60.0. The number of rotatable bonds is 60. The van der Waals surface area contributed by atoms with E-state index in [9.17, 15) is 19.8 Å². The molecule has 0 heterocycles. The van der Waals surface area contributed by atoms with Crippen molar-refractivity contribution in [2.24, 2.45) is 0 Å². The molecule has 0 aliphatic heterocycles. The zero-order valence-corrected chi connectivity index (χ0v) is 48.4. The molecule has 0 aromatic rings. The molecule has 6 heteroatoms. The van der Waals surface area contributed by atoms with Gasteiger partial charge in [0.15, 0.2) is 0 Å². The number of hydrogen-bond acceptors (Lipinski definition) is 5. The minimum absolute atomic E-state index is 0.0131. The molecule has 6 nitrogen and oxygen atoms in total. The van der Waals surface area contributed by atoms with Crippen LogP contribution in [-0.4, -0.2) is 47.4 Å². The number of allylic oxidation sites excluding steroid dienone is 5. The molecule has 72 heavy (non-hydrogen) atoms. The number of nitrogens with one attached hydrogen (secondary N) is 1. The van der Waals surface area contributed by atoms with Crippen LogP contribution in [0.15, 0.2) is 36.5 Å². The van der Waals surface area contributed by atoms with Gasteiger partial charge in [-0.15, -0.1) is 0 Å². The van der Waals surface area contributed by atoms with Crippen LogP contribution in [0.1, 0.15) is 348 Å². The molecule has 2 unspecified atom stereocenters. The number of ether oxygens (including phenoxy) is 1. The summed E-state index contributed by atoms with van der Waals surface area (Å²) in [5, 5.41) is 23.0. The maximum absolute atomic E-state index is 12.4. The highest BCUT2D eigenvalue weighted by Crippen LogP contribution is 2.18. The Morgan fingerprint density at radius 3 is 1.08 bits per heavy atom. The number of aliphatic hydroxyl groups is 2. The molecule has 3 N–H and O–H groups in total. The number of unbranched alkanes of at least 4 members (excludes halogenated alkanes) is 45. The Morgan fingerprint density at radius 2 is 0.694 bits per heavy atom. The second-order valence-corrected chi connectivity index (χ2v) is 22.1. The Morgan fingerprint density at radius 1 is 0.389 bits per heavy atom. The fourth-order valence-corrected chi connectivity index (χ4v) is 9.96. The number of hydrogen-bond donors (Lipinski definition) is 3. The zero-order valence-electron chi connectivity index (χ0n) is 48.4. The van der Waals surface area contributed by atoms with Crippen molar-refractivity contribution in [2.45, 2.75) is 360 Å². The summed E-state index contributed by atoms with van der Waals surface area (Å²) in [4.78, 5) is 24.5. The first-order valence-electron chi connectivity index (χ1n) is 32.3. The molecule has 0 rings (SSSR count). The van der Waals surface area contributed by atoms with E-state index in [0.29, 0.717) is 19.4 Å². The van der Waals surface area contributed by atoms with Gasteiger partial charge < -0.3 is 20.3 Å². The molecule has 0 aromatic heterocycles. The third-order valence-corrected chi connectivity index (χ3v) is 14.9. The topological polar surface area (TPSA) is 95.9 Å². The highest BCUT2D eigenvalue weighted by Gasteiger charge is 2.18. The quantitative estimate of drug-likeness (QED) is 0.0320. The van der Waals surface area contributed by atoms with E-state index in [-0.39, 0.29) is 18.5 Å². The van der Waals surface area contributed by atoms with E-state index < -0.39 is 12.1 Å². The summed E-state index contributed by atoms with van der Waals surface area (Å²) < 4.78 is 5.50. The van der Waals surface area contributed by atoms with E-state index in [1.54, 1.807) is 6.08 Å². The van der Waals surface area contributed by atoms with Crippen molar-refractivity contribution in [1.82, 2.24) is 5.32 Å². The number of esters is 1. The molecule has 0 radical (unpaired) electrons. The predicted octanol–water partition coefficient (Wildman–Crippen LogP) is 20.4. The second-order valence-electron chi connectivity index (χ2n) is 22.1. The third-order valence-electron chi connectivity index (χ3n) is 14.9. The van der Waals surface area contributed by atoms with Gasteiger partial charge >= 0.3 is 5.97 Å². The highest BCUT2D eigenvalue weighted by atomic mass is 16.5. The van der Waals surface area contributed by atoms with Crippen LogP contribution in [0.4, 0.5) is 0 Å². The summed E-state index contributed by atoms with van der Waals surface area (Å²) in [6, 6.07) is -0.624. The van der Waals surface area contributed by atoms with Gasteiger partial charge in [0, 0.05) is 12.8 Å². The Labute approximate surface area is 449 Å². The Bertz CT molecular complexity index is 1170. The van der Waals surface area contributed by atoms with E-state index in [1.165, 1.54) is 270 Å². The molecule has 0 spiro atoms. The molecule has 0 fully saturated rings. The third kappa shape index (κ3) is 57.4. The summed E-state index contributed by atoms with van der Waals surface area (Å²) >= 11 is 0. The summed E-state index contributed by atoms with van der Waals surface area (Å²) in [7, 11) is 0. The molecule has 0 aliphatic rings. The van der Waals surface area contributed by atoms with Crippen LogP contribution in [0.5, 0.6) is 0 Å². The largest absolute Gasteiger partial charge is 0.466 e. The molecule has 0 aliphatic carbocycles. The minimum Gasteiger partial charge on any atom is -0.466 e. The zero-order chi connectivity index (χ0) is 52.2. The Balaban J connectivity index is 3.33. The average molecular weight is 1010 g/mol. The molecule has 0 saturated carbocycles. The molecular weight excluding hydrogens is 887 g/mol. The van der Waals surface area contributed by atoms with Crippen LogP contribution >= 0.6 is 0 Å². The number of carbonyl (C=O) groups excluding carboxylic acids is 2. The van der Waals surface area contributed by atoms with Crippen molar-refractivity contribution < 1.29 is 24.5 Å². The van der Waals surface area contributed by atoms with E-state index in [2.05, 4.69) is 43.5 Å². The minimum atomic E-state index is -0.841. The van der Waals surface area contributed by atoms with Crippen LogP contribution in [0.3, 0.4) is 0 Å². The van der Waals surface area contributed by atoms with Gasteiger partial charge in [-0.2, -0.15) is 0 Å². The lowest BCUT2D eigenvalue weighted by atomic mass is 10.0. The van der Waals surface area contributed by atoms with Crippen molar-refractivity contribution in [1.29, 1.82) is 0 Å². The van der Waals surface area contributed by atoms with Gasteiger partial charge in [0.1, 0.15) is 0 Å². The smallest absolute Gasteiger partial charge is 0.305 e. The number of carbonyl (C=O) groups is 2. The van der Waals surface area contributed by atoms with Crippen molar-refractivity contribution in [3.63, 3.8) is 0 Å². The van der Waals surface area contributed by atoms with Crippen molar-refractivity contribution in [3.8, 4) is 0 Å². The summed E-state index contributed by atoms with van der Waals surface area (Å²) in [5.41, 5.74) is 0. The van der Waals surface area contributed by atoms with Crippen molar-refractivity contribution in [3.05, 3.63) is 36.5 Å². The lowest BCUT2D eigenvalue weighted by Gasteiger charge is -2.20. The van der Waals surface area contributed by atoms with Crippen LogP contribution in [0.25, 0.3) is 0 Å². The fraction of sp³-hybridized carbons (Fsp3) is 0.879. The summed E-state index contributed by atoms with van der Waals surface area (Å²) in [6.07, 6.45) is 77.8. The highest BCUT2D eigenvalue weighted by molar-refractivity contribution is 5.76. The van der Waals surface area contributed by atoms with Crippen LogP contribution in [-0.2, 0) is 14.3 Å². The van der Waals surface area contributed by atoms with E-state index in [0.717, 1.165) is 51.4 Å².